The molecule has 8 rings (SSSR count). The fraction of sp³-hybridized carbons (Fsp3) is 0.255. The number of rotatable bonds is 14. The number of carbonyl (C=O) groups excluding carboxylic acids is 3. The van der Waals surface area contributed by atoms with E-state index >= 15 is 0 Å². The molecule has 3 aliphatic heterocycles. The maximum absolute atomic E-state index is 13.9. The number of aliphatic imine (C=N–C) groups is 2. The summed E-state index contributed by atoms with van der Waals surface area (Å²) in [6.45, 7) is 2.34. The Morgan fingerprint density at radius 1 is 0.867 bits per heavy atom. The molecule has 306 valence electrons. The van der Waals surface area contributed by atoms with Crippen LogP contribution in [0.4, 0.5) is 28.4 Å². The van der Waals surface area contributed by atoms with Crippen LogP contribution in [0, 0.1) is 6.92 Å². The van der Waals surface area contributed by atoms with Gasteiger partial charge in [0.1, 0.15) is 13.2 Å². The number of fused-ring (bicyclic) bond motifs is 5. The molecule has 0 bridgehead atoms. The molecule has 0 saturated heterocycles. The third kappa shape index (κ3) is 7.79. The Bertz CT molecular complexity index is 2540. The van der Waals surface area contributed by atoms with Crippen LogP contribution in [0.25, 0.3) is 0 Å². The molecule has 0 radical (unpaired) electrons. The Balaban J connectivity index is 1.04. The first-order valence-corrected chi connectivity index (χ1v) is 19.7. The Labute approximate surface area is 348 Å². The molecule has 3 amide bonds. The number of aryl methyl sites for hydroxylation is 1. The number of likely N-dealkylation sites (N-methyl/N-ethyl adjacent to an activating group) is 2. The quantitative estimate of drug-likeness (QED) is 0.0944. The SMILES string of the molecule is CNCC(=O)N(C)c1cc(COc2cc(N=CC3Cc4ccccc4N3C=O)c(C)cc2OC)cc(COc2cc3c(cc2OC)C(=O)N2c4ccccc4C[C@H]2C=N3)c1. The molecule has 3 aliphatic rings. The first kappa shape index (κ1) is 39.8. The van der Waals surface area contributed by atoms with Gasteiger partial charge in [-0.3, -0.25) is 29.3 Å². The lowest BCUT2D eigenvalue weighted by Crippen LogP contribution is -2.37. The number of hydrogen-bond donors (Lipinski definition) is 1. The highest BCUT2D eigenvalue weighted by Gasteiger charge is 2.36. The van der Waals surface area contributed by atoms with Gasteiger partial charge in [-0.1, -0.05) is 36.4 Å². The second-order valence-corrected chi connectivity index (χ2v) is 14.9. The minimum atomic E-state index is -0.214. The predicted molar refractivity (Wildman–Crippen MR) is 233 cm³/mol. The molecular formula is C47H46N6O7. The third-order valence-electron chi connectivity index (χ3n) is 11.1. The average molecular weight is 807 g/mol. The topological polar surface area (TPSA) is 135 Å². The van der Waals surface area contributed by atoms with Crippen LogP contribution in [-0.2, 0) is 35.6 Å². The lowest BCUT2D eigenvalue weighted by Gasteiger charge is -2.22. The number of carbonyl (C=O) groups is 3. The summed E-state index contributed by atoms with van der Waals surface area (Å²) < 4.78 is 24.3. The maximum Gasteiger partial charge on any atom is 0.261 e. The standard InChI is InChI=1S/C47H46N6O7/c1-29-14-42(57-4)44(21-38(29)49-23-35-18-32-10-6-8-12-40(32)52(35)28-54)59-26-30-15-31(17-34(16-30)51(3)46(55)25-48-2)27-60-45-22-39-37(20-43(45)58-5)47(56)53-36(24-50-39)19-33-11-7-9-13-41(33)53/h6-17,20-24,28,35-36,48H,18-19,25-27H2,1-5H3/t35?,36-/m0/s1. The van der Waals surface area contributed by atoms with Crippen LogP contribution >= 0.6 is 0 Å². The average Bonchev–Trinajstić information content (AvgIpc) is 3.79. The molecule has 60 heavy (non-hydrogen) atoms. The smallest absolute Gasteiger partial charge is 0.261 e. The second kappa shape index (κ2) is 17.1. The minimum absolute atomic E-state index is 0.111. The van der Waals surface area contributed by atoms with Crippen molar-refractivity contribution in [1.82, 2.24) is 5.32 Å². The Morgan fingerprint density at radius 3 is 2.20 bits per heavy atom. The van der Waals surface area contributed by atoms with Crippen molar-refractivity contribution in [2.24, 2.45) is 9.98 Å². The summed E-state index contributed by atoms with van der Waals surface area (Å²) in [5.74, 6) is 1.56. The summed E-state index contributed by atoms with van der Waals surface area (Å²) in [7, 11) is 6.57. The molecule has 0 aliphatic carbocycles. The lowest BCUT2D eigenvalue weighted by molar-refractivity contribution is -0.117. The Hall–Kier alpha value is -6.99. The minimum Gasteiger partial charge on any atom is -0.493 e. The number of amides is 3. The number of hydrogen-bond acceptors (Lipinski definition) is 10. The number of para-hydroxylation sites is 2. The molecule has 3 heterocycles. The highest BCUT2D eigenvalue weighted by molar-refractivity contribution is 6.14. The van der Waals surface area contributed by atoms with Crippen LogP contribution in [0.1, 0.15) is 38.2 Å². The summed E-state index contributed by atoms with van der Waals surface area (Å²) in [5, 5.41) is 2.93. The van der Waals surface area contributed by atoms with Crippen LogP contribution in [0.15, 0.2) is 101 Å². The maximum atomic E-state index is 13.9. The summed E-state index contributed by atoms with van der Waals surface area (Å²) in [6.07, 6.45) is 5.83. The number of methoxy groups -OCH3 is 2. The van der Waals surface area contributed by atoms with Gasteiger partial charge in [0.25, 0.3) is 5.91 Å². The number of nitrogens with zero attached hydrogens (tertiary/aromatic N) is 5. The van der Waals surface area contributed by atoms with Gasteiger partial charge in [-0.25, -0.2) is 0 Å². The molecule has 2 atom stereocenters. The van der Waals surface area contributed by atoms with Gasteiger partial charge < -0.3 is 34.1 Å². The van der Waals surface area contributed by atoms with E-state index in [9.17, 15) is 14.4 Å². The molecule has 0 aromatic heterocycles. The Kier molecular flexibility index (Phi) is 11.3. The van der Waals surface area contributed by atoms with Gasteiger partial charge in [-0.15, -0.1) is 0 Å². The summed E-state index contributed by atoms with van der Waals surface area (Å²) >= 11 is 0. The van der Waals surface area contributed by atoms with Gasteiger partial charge in [-0.05, 0) is 84.3 Å². The third-order valence-corrected chi connectivity index (χ3v) is 11.1. The van der Waals surface area contributed by atoms with Crippen molar-refractivity contribution in [1.29, 1.82) is 0 Å². The Morgan fingerprint density at radius 2 is 1.52 bits per heavy atom. The fourth-order valence-electron chi connectivity index (χ4n) is 7.95. The van der Waals surface area contributed by atoms with E-state index in [1.54, 1.807) is 54.3 Å². The van der Waals surface area contributed by atoms with E-state index in [4.69, 9.17) is 28.9 Å². The fourth-order valence-corrected chi connectivity index (χ4v) is 7.95. The van der Waals surface area contributed by atoms with E-state index in [2.05, 4.69) is 5.32 Å². The van der Waals surface area contributed by atoms with Crippen molar-refractivity contribution in [2.75, 3.05) is 49.6 Å². The summed E-state index contributed by atoms with van der Waals surface area (Å²) in [6, 6.07) is 28.2. The second-order valence-electron chi connectivity index (χ2n) is 14.9. The van der Waals surface area contributed by atoms with E-state index in [0.29, 0.717) is 58.5 Å². The van der Waals surface area contributed by atoms with Crippen molar-refractivity contribution < 1.29 is 33.3 Å². The van der Waals surface area contributed by atoms with Gasteiger partial charge >= 0.3 is 0 Å². The van der Waals surface area contributed by atoms with E-state index in [1.807, 2.05) is 92.0 Å². The van der Waals surface area contributed by atoms with Gasteiger partial charge in [0, 0.05) is 61.5 Å². The van der Waals surface area contributed by atoms with Crippen LogP contribution in [0.3, 0.4) is 0 Å². The van der Waals surface area contributed by atoms with E-state index in [1.165, 1.54) is 7.11 Å². The molecular weight excluding hydrogens is 761 g/mol. The highest BCUT2D eigenvalue weighted by Crippen LogP contribution is 2.42. The van der Waals surface area contributed by atoms with Crippen LogP contribution in [0.5, 0.6) is 23.0 Å². The normalized spacial score (nSPS) is 16.2. The number of ether oxygens (including phenoxy) is 4. The predicted octanol–water partition coefficient (Wildman–Crippen LogP) is 6.93. The van der Waals surface area contributed by atoms with Crippen molar-refractivity contribution >= 4 is 59.1 Å². The molecule has 1 unspecified atom stereocenters. The lowest BCUT2D eigenvalue weighted by atomic mass is 10.1. The molecule has 5 aromatic rings. The zero-order valence-electron chi connectivity index (χ0n) is 34.2. The van der Waals surface area contributed by atoms with E-state index in [-0.39, 0.29) is 43.7 Å². The number of benzene rings is 5. The first-order valence-electron chi connectivity index (χ1n) is 19.7. The summed E-state index contributed by atoms with van der Waals surface area (Å²) in [5.41, 5.74) is 8.64. The van der Waals surface area contributed by atoms with Gasteiger partial charge in [0.05, 0.1) is 49.8 Å². The van der Waals surface area contributed by atoms with E-state index < -0.39 is 0 Å². The summed E-state index contributed by atoms with van der Waals surface area (Å²) in [4.78, 5) is 53.6. The van der Waals surface area contributed by atoms with Crippen molar-refractivity contribution in [2.45, 2.75) is 45.1 Å². The zero-order chi connectivity index (χ0) is 41.9. The largest absolute Gasteiger partial charge is 0.493 e. The van der Waals surface area contributed by atoms with Crippen molar-refractivity contribution in [3.05, 3.63) is 124 Å². The number of nitrogens with one attached hydrogen (secondary N) is 1. The van der Waals surface area contributed by atoms with Gasteiger partial charge in [0.2, 0.25) is 12.3 Å². The number of anilines is 3. The van der Waals surface area contributed by atoms with Crippen LogP contribution in [0.2, 0.25) is 0 Å². The molecule has 13 heteroatoms. The van der Waals surface area contributed by atoms with Crippen LogP contribution in [-0.4, -0.2) is 77.6 Å². The molecule has 5 aromatic carbocycles. The monoisotopic (exact) mass is 806 g/mol. The molecule has 13 nitrogen and oxygen atoms in total. The molecule has 0 spiro atoms. The molecule has 0 saturated carbocycles. The van der Waals surface area contributed by atoms with Crippen LogP contribution < -0.4 is 39.0 Å². The van der Waals surface area contributed by atoms with Crippen molar-refractivity contribution in [3.8, 4) is 23.0 Å². The zero-order valence-corrected chi connectivity index (χ0v) is 34.2. The first-order chi connectivity index (χ1) is 29.2. The molecule has 1 N–H and O–H groups in total. The van der Waals surface area contributed by atoms with Crippen molar-refractivity contribution in [3.63, 3.8) is 0 Å². The van der Waals surface area contributed by atoms with Gasteiger partial charge in [-0.2, -0.15) is 0 Å². The van der Waals surface area contributed by atoms with Gasteiger partial charge in [0.15, 0.2) is 23.0 Å². The van der Waals surface area contributed by atoms with E-state index in [0.717, 1.165) is 45.6 Å². The molecule has 0 fully saturated rings. The highest BCUT2D eigenvalue weighted by atomic mass is 16.5.